The second kappa shape index (κ2) is 9.56. The van der Waals surface area contributed by atoms with Gasteiger partial charge in [-0.15, -0.1) is 11.3 Å². The molecule has 4 rings (SSSR count). The van der Waals surface area contributed by atoms with Crippen molar-refractivity contribution in [3.8, 4) is 11.5 Å². The molecule has 0 bridgehead atoms. The maximum atomic E-state index is 12.3. The van der Waals surface area contributed by atoms with Crippen LogP contribution in [0.25, 0.3) is 10.2 Å². The molecule has 1 N–H and O–H groups in total. The van der Waals surface area contributed by atoms with E-state index in [4.69, 9.17) is 32.7 Å². The molecule has 1 amide bonds. The third-order valence-corrected chi connectivity index (χ3v) is 5.97. The average molecular weight is 473 g/mol. The highest BCUT2D eigenvalue weighted by molar-refractivity contribution is 7.18. The molecule has 0 spiro atoms. The molecule has 4 aromatic rings. The van der Waals surface area contributed by atoms with Gasteiger partial charge in [-0.25, -0.2) is 4.98 Å². The van der Waals surface area contributed by atoms with Crippen LogP contribution >= 0.6 is 34.5 Å². The fraction of sp³-hybridized carbons (Fsp3) is 0.130. The number of aromatic nitrogens is 1. The first-order valence-corrected chi connectivity index (χ1v) is 11.0. The van der Waals surface area contributed by atoms with Crippen LogP contribution in [0.5, 0.6) is 11.5 Å². The van der Waals surface area contributed by atoms with Crippen LogP contribution in [-0.4, -0.2) is 17.5 Å². The summed E-state index contributed by atoms with van der Waals surface area (Å²) in [5.41, 5.74) is 2.53. The van der Waals surface area contributed by atoms with Crippen molar-refractivity contribution in [1.82, 2.24) is 4.98 Å². The molecule has 0 radical (unpaired) electrons. The number of thiazole rings is 1. The molecule has 0 saturated carbocycles. The van der Waals surface area contributed by atoms with Crippen LogP contribution in [0.2, 0.25) is 10.0 Å². The smallest absolute Gasteiger partial charge is 0.262 e. The molecule has 0 saturated heterocycles. The van der Waals surface area contributed by atoms with E-state index >= 15 is 0 Å². The Balaban J connectivity index is 1.32. The van der Waals surface area contributed by atoms with Gasteiger partial charge in [0, 0.05) is 10.7 Å². The van der Waals surface area contributed by atoms with E-state index in [2.05, 4.69) is 10.3 Å². The standard InChI is InChI=1S/C23H18Cl2N2O3S/c1-14-10-16(29-13-23-27-19-4-2-3-5-21(19)31-23)7-8-18(14)26-22(28)12-30-20-9-6-15(24)11-17(20)25/h2-11H,12-13H2,1H3,(H,26,28). The first-order valence-electron chi connectivity index (χ1n) is 9.43. The third-order valence-electron chi connectivity index (χ3n) is 4.43. The number of fused-ring (bicyclic) bond motifs is 1. The minimum Gasteiger partial charge on any atom is -0.486 e. The van der Waals surface area contributed by atoms with E-state index in [1.54, 1.807) is 35.6 Å². The van der Waals surface area contributed by atoms with Crippen molar-refractivity contribution in [3.05, 3.63) is 81.3 Å². The van der Waals surface area contributed by atoms with Crippen molar-refractivity contribution in [2.75, 3.05) is 11.9 Å². The number of carbonyl (C=O) groups excluding carboxylic acids is 1. The number of para-hydroxylation sites is 1. The van der Waals surface area contributed by atoms with E-state index in [0.717, 1.165) is 20.8 Å². The normalized spacial score (nSPS) is 10.8. The second-order valence-corrected chi connectivity index (χ2v) is 8.71. The van der Waals surface area contributed by atoms with Gasteiger partial charge in [0.15, 0.2) is 6.61 Å². The van der Waals surface area contributed by atoms with Crippen molar-refractivity contribution < 1.29 is 14.3 Å². The second-order valence-electron chi connectivity index (χ2n) is 6.75. The molecule has 0 fully saturated rings. The van der Waals surface area contributed by atoms with Gasteiger partial charge in [0.25, 0.3) is 5.91 Å². The summed E-state index contributed by atoms with van der Waals surface area (Å²) in [5, 5.41) is 4.60. The van der Waals surface area contributed by atoms with Gasteiger partial charge in [-0.3, -0.25) is 4.79 Å². The number of nitrogens with zero attached hydrogens (tertiary/aromatic N) is 1. The first kappa shape index (κ1) is 21.4. The number of carbonyl (C=O) groups is 1. The lowest BCUT2D eigenvalue weighted by atomic mass is 10.2. The van der Waals surface area contributed by atoms with Gasteiger partial charge < -0.3 is 14.8 Å². The van der Waals surface area contributed by atoms with Crippen LogP contribution in [0.3, 0.4) is 0 Å². The average Bonchev–Trinajstić information content (AvgIpc) is 3.16. The minimum atomic E-state index is -0.294. The molecule has 1 heterocycles. The molecule has 0 unspecified atom stereocenters. The van der Waals surface area contributed by atoms with E-state index in [1.165, 1.54) is 0 Å². The number of aryl methyl sites for hydroxylation is 1. The molecular weight excluding hydrogens is 455 g/mol. The predicted molar refractivity (Wildman–Crippen MR) is 126 cm³/mol. The maximum Gasteiger partial charge on any atom is 0.262 e. The molecule has 0 aliphatic carbocycles. The lowest BCUT2D eigenvalue weighted by Crippen LogP contribution is -2.20. The Labute approximate surface area is 193 Å². The lowest BCUT2D eigenvalue weighted by molar-refractivity contribution is -0.118. The van der Waals surface area contributed by atoms with E-state index in [0.29, 0.717) is 33.8 Å². The summed E-state index contributed by atoms with van der Waals surface area (Å²) in [6.07, 6.45) is 0. The molecule has 8 heteroatoms. The Morgan fingerprint density at radius 1 is 1.06 bits per heavy atom. The zero-order valence-corrected chi connectivity index (χ0v) is 18.9. The zero-order chi connectivity index (χ0) is 21.8. The van der Waals surface area contributed by atoms with Crippen molar-refractivity contribution in [3.63, 3.8) is 0 Å². The van der Waals surface area contributed by atoms with Crippen molar-refractivity contribution in [2.24, 2.45) is 0 Å². The van der Waals surface area contributed by atoms with Crippen molar-refractivity contribution in [2.45, 2.75) is 13.5 Å². The number of hydrogen-bond acceptors (Lipinski definition) is 5. The van der Waals surface area contributed by atoms with Gasteiger partial charge in [0.1, 0.15) is 23.1 Å². The van der Waals surface area contributed by atoms with Crippen molar-refractivity contribution >= 4 is 56.3 Å². The fourth-order valence-corrected chi connectivity index (χ4v) is 4.26. The molecule has 0 atom stereocenters. The Morgan fingerprint density at radius 2 is 1.90 bits per heavy atom. The van der Waals surface area contributed by atoms with Crippen LogP contribution in [0.1, 0.15) is 10.6 Å². The molecule has 1 aromatic heterocycles. The fourth-order valence-electron chi connectivity index (χ4n) is 2.91. The summed E-state index contributed by atoms with van der Waals surface area (Å²) < 4.78 is 12.5. The number of hydrogen-bond donors (Lipinski definition) is 1. The Bertz CT molecular complexity index is 1210. The van der Waals surface area contributed by atoms with Gasteiger partial charge in [-0.05, 0) is 61.0 Å². The SMILES string of the molecule is Cc1cc(OCc2nc3ccccc3s2)ccc1NC(=O)COc1ccc(Cl)cc1Cl. The molecule has 158 valence electrons. The van der Waals surface area contributed by atoms with Gasteiger partial charge in [-0.1, -0.05) is 35.3 Å². The summed E-state index contributed by atoms with van der Waals surface area (Å²) in [6, 6.07) is 18.3. The summed E-state index contributed by atoms with van der Waals surface area (Å²) in [4.78, 5) is 16.8. The Morgan fingerprint density at radius 3 is 2.68 bits per heavy atom. The van der Waals surface area contributed by atoms with Crippen LogP contribution in [0.15, 0.2) is 60.7 Å². The minimum absolute atomic E-state index is 0.170. The van der Waals surface area contributed by atoms with Crippen LogP contribution < -0.4 is 14.8 Å². The zero-order valence-electron chi connectivity index (χ0n) is 16.5. The lowest BCUT2D eigenvalue weighted by Gasteiger charge is -2.12. The summed E-state index contributed by atoms with van der Waals surface area (Å²) in [6.45, 7) is 2.12. The largest absolute Gasteiger partial charge is 0.486 e. The number of benzene rings is 3. The molecule has 31 heavy (non-hydrogen) atoms. The summed E-state index contributed by atoms with van der Waals surface area (Å²) in [5.74, 6) is 0.813. The quantitative estimate of drug-likeness (QED) is 0.333. The number of anilines is 1. The number of rotatable bonds is 7. The monoisotopic (exact) mass is 472 g/mol. The number of ether oxygens (including phenoxy) is 2. The summed E-state index contributed by atoms with van der Waals surface area (Å²) in [7, 11) is 0. The number of halogens is 2. The molecule has 3 aromatic carbocycles. The van der Waals surface area contributed by atoms with Crippen LogP contribution in [0.4, 0.5) is 5.69 Å². The van der Waals surface area contributed by atoms with Crippen LogP contribution in [-0.2, 0) is 11.4 Å². The van der Waals surface area contributed by atoms with E-state index in [9.17, 15) is 4.79 Å². The molecular formula is C23H18Cl2N2O3S. The topological polar surface area (TPSA) is 60.5 Å². The van der Waals surface area contributed by atoms with E-state index in [-0.39, 0.29) is 12.5 Å². The van der Waals surface area contributed by atoms with Gasteiger partial charge in [0.2, 0.25) is 0 Å². The van der Waals surface area contributed by atoms with E-state index in [1.807, 2.05) is 43.3 Å². The van der Waals surface area contributed by atoms with Gasteiger partial charge in [-0.2, -0.15) is 0 Å². The van der Waals surface area contributed by atoms with Crippen molar-refractivity contribution in [1.29, 1.82) is 0 Å². The predicted octanol–water partition coefficient (Wildman–Crippen LogP) is 6.51. The molecule has 0 aliphatic rings. The highest BCUT2D eigenvalue weighted by Crippen LogP contribution is 2.28. The summed E-state index contributed by atoms with van der Waals surface area (Å²) >= 11 is 13.5. The Hall–Kier alpha value is -2.80. The highest BCUT2D eigenvalue weighted by Gasteiger charge is 2.10. The molecule has 5 nitrogen and oxygen atoms in total. The van der Waals surface area contributed by atoms with E-state index < -0.39 is 0 Å². The maximum absolute atomic E-state index is 12.3. The highest BCUT2D eigenvalue weighted by atomic mass is 35.5. The van der Waals surface area contributed by atoms with Gasteiger partial charge >= 0.3 is 0 Å². The Kier molecular flexibility index (Phi) is 6.61. The van der Waals surface area contributed by atoms with Crippen LogP contribution in [0, 0.1) is 6.92 Å². The third kappa shape index (κ3) is 5.47. The molecule has 0 aliphatic heterocycles. The first-order chi connectivity index (χ1) is 15.0. The number of amides is 1. The van der Waals surface area contributed by atoms with Gasteiger partial charge in [0.05, 0.1) is 15.2 Å². The number of nitrogens with one attached hydrogen (secondary N) is 1.